The number of piperidine rings is 1. The van der Waals surface area contributed by atoms with Gasteiger partial charge in [0.2, 0.25) is 0 Å². The van der Waals surface area contributed by atoms with Gasteiger partial charge in [0.1, 0.15) is 9.88 Å². The first-order valence-electron chi connectivity index (χ1n) is 6.68. The Morgan fingerprint density at radius 1 is 1.48 bits per heavy atom. The van der Waals surface area contributed by atoms with Crippen molar-refractivity contribution in [1.82, 2.24) is 5.32 Å². The van der Waals surface area contributed by atoms with Gasteiger partial charge in [-0.05, 0) is 19.8 Å². The third-order valence-corrected chi connectivity index (χ3v) is 4.83. The van der Waals surface area contributed by atoms with E-state index >= 15 is 0 Å². The highest BCUT2D eigenvalue weighted by Gasteiger charge is 2.33. The Labute approximate surface area is 126 Å². The lowest BCUT2D eigenvalue weighted by atomic mass is 9.95. The number of anilines is 2. The van der Waals surface area contributed by atoms with Crippen molar-refractivity contribution in [2.24, 2.45) is 5.73 Å². The third kappa shape index (κ3) is 2.96. The minimum absolute atomic E-state index is 0.104. The molecule has 1 aliphatic rings. The molecular weight excluding hydrogens is 292 g/mol. The van der Waals surface area contributed by atoms with Crippen LogP contribution in [0.3, 0.4) is 0 Å². The van der Waals surface area contributed by atoms with Crippen molar-refractivity contribution in [3.63, 3.8) is 0 Å². The van der Waals surface area contributed by atoms with Crippen LogP contribution in [-0.2, 0) is 0 Å². The highest BCUT2D eigenvalue weighted by Crippen LogP contribution is 2.40. The molecule has 0 saturated carbocycles. The zero-order chi connectivity index (χ0) is 15.8. The number of thiophene rings is 1. The Morgan fingerprint density at radius 3 is 2.67 bits per heavy atom. The number of nitrogens with one attached hydrogen (secondary N) is 1. The lowest BCUT2D eigenvalue weighted by Crippen LogP contribution is -2.46. The SMILES string of the molecule is CNC(=O)c1sc(N2CCCC(C)(O)C2)c(C(N)=O)c1N. The summed E-state index contributed by atoms with van der Waals surface area (Å²) in [6.45, 7) is 2.81. The number of β-amino-alcohol motifs (C(OH)–C–C–N with tert-alkyl or cyclic N) is 1. The average molecular weight is 312 g/mol. The van der Waals surface area contributed by atoms with E-state index in [2.05, 4.69) is 5.32 Å². The summed E-state index contributed by atoms with van der Waals surface area (Å²) in [5, 5.41) is 13.2. The fraction of sp³-hybridized carbons (Fsp3) is 0.538. The predicted molar refractivity (Wildman–Crippen MR) is 82.7 cm³/mol. The number of nitrogens with two attached hydrogens (primary N) is 2. The third-order valence-electron chi connectivity index (χ3n) is 3.57. The van der Waals surface area contributed by atoms with Gasteiger partial charge in [-0.2, -0.15) is 0 Å². The minimum atomic E-state index is -0.834. The van der Waals surface area contributed by atoms with E-state index in [9.17, 15) is 14.7 Å². The molecule has 1 aromatic heterocycles. The maximum Gasteiger partial charge on any atom is 0.263 e. The number of amides is 2. The van der Waals surface area contributed by atoms with E-state index in [1.165, 1.54) is 7.05 Å². The van der Waals surface area contributed by atoms with Crippen LogP contribution in [0.25, 0.3) is 0 Å². The van der Waals surface area contributed by atoms with Crippen molar-refractivity contribution >= 4 is 33.8 Å². The summed E-state index contributed by atoms with van der Waals surface area (Å²) in [5.74, 6) is -1.02. The van der Waals surface area contributed by atoms with Gasteiger partial charge in [0, 0.05) is 20.1 Å². The van der Waals surface area contributed by atoms with E-state index in [-0.39, 0.29) is 22.0 Å². The Balaban J connectivity index is 2.47. The first-order chi connectivity index (χ1) is 9.76. The first kappa shape index (κ1) is 15.6. The van der Waals surface area contributed by atoms with Crippen molar-refractivity contribution in [2.45, 2.75) is 25.4 Å². The molecule has 0 radical (unpaired) electrons. The number of carbonyl (C=O) groups is 2. The standard InChI is InChI=1S/C13H20N4O3S/c1-13(20)4-3-5-17(6-13)12-7(10(15)18)8(14)9(21-12)11(19)16-2/h20H,3-6,14H2,1-2H3,(H2,15,18)(H,16,19). The van der Waals surface area contributed by atoms with Crippen molar-refractivity contribution in [3.05, 3.63) is 10.4 Å². The number of hydrogen-bond acceptors (Lipinski definition) is 6. The smallest absolute Gasteiger partial charge is 0.263 e. The maximum absolute atomic E-state index is 11.8. The van der Waals surface area contributed by atoms with Crippen LogP contribution >= 0.6 is 11.3 Å². The van der Waals surface area contributed by atoms with Crippen LogP contribution in [0.15, 0.2) is 0 Å². The fourth-order valence-electron chi connectivity index (χ4n) is 2.57. The number of rotatable bonds is 3. The van der Waals surface area contributed by atoms with Crippen molar-refractivity contribution in [3.8, 4) is 0 Å². The molecule has 1 aromatic rings. The highest BCUT2D eigenvalue weighted by atomic mass is 32.1. The Kier molecular flexibility index (Phi) is 4.11. The molecule has 1 saturated heterocycles. The summed E-state index contributed by atoms with van der Waals surface area (Å²) < 4.78 is 0. The number of primary amides is 1. The van der Waals surface area contributed by atoms with Gasteiger partial charge in [-0.1, -0.05) is 0 Å². The number of hydrogen-bond donors (Lipinski definition) is 4. The summed E-state index contributed by atoms with van der Waals surface area (Å²) in [6.07, 6.45) is 1.48. The van der Waals surface area contributed by atoms with Crippen LogP contribution in [0.1, 0.15) is 39.8 Å². The second-order valence-corrected chi connectivity index (χ2v) is 6.49. The van der Waals surface area contributed by atoms with Gasteiger partial charge in [0.05, 0.1) is 16.9 Å². The summed E-state index contributed by atoms with van der Waals surface area (Å²) in [6, 6.07) is 0. The molecule has 1 fully saturated rings. The number of nitrogens with zero attached hydrogens (tertiary/aromatic N) is 1. The molecule has 2 amide bonds. The van der Waals surface area contributed by atoms with E-state index in [1.54, 1.807) is 6.92 Å². The van der Waals surface area contributed by atoms with Crippen LogP contribution in [-0.4, -0.2) is 42.7 Å². The molecule has 0 bridgehead atoms. The van der Waals surface area contributed by atoms with E-state index < -0.39 is 11.5 Å². The molecule has 6 N–H and O–H groups in total. The molecule has 1 atom stereocenters. The summed E-state index contributed by atoms with van der Waals surface area (Å²) in [7, 11) is 1.50. The molecule has 116 valence electrons. The molecule has 2 rings (SSSR count). The molecule has 2 heterocycles. The van der Waals surface area contributed by atoms with Gasteiger partial charge in [-0.3, -0.25) is 9.59 Å². The monoisotopic (exact) mass is 312 g/mol. The minimum Gasteiger partial charge on any atom is -0.397 e. The van der Waals surface area contributed by atoms with Crippen LogP contribution in [0.5, 0.6) is 0 Å². The quantitative estimate of drug-likeness (QED) is 0.632. The number of nitrogen functional groups attached to an aromatic ring is 1. The summed E-state index contributed by atoms with van der Waals surface area (Å²) in [5.41, 5.74) is 10.8. The van der Waals surface area contributed by atoms with E-state index in [0.717, 1.165) is 17.8 Å². The van der Waals surface area contributed by atoms with Crippen LogP contribution in [0.4, 0.5) is 10.7 Å². The van der Waals surface area contributed by atoms with Gasteiger partial charge < -0.3 is 26.8 Å². The molecule has 7 nitrogen and oxygen atoms in total. The Morgan fingerprint density at radius 2 is 2.14 bits per heavy atom. The molecular formula is C13H20N4O3S. The molecule has 1 unspecified atom stereocenters. The molecule has 0 spiro atoms. The largest absolute Gasteiger partial charge is 0.397 e. The maximum atomic E-state index is 11.8. The van der Waals surface area contributed by atoms with Crippen LogP contribution in [0, 0.1) is 0 Å². The van der Waals surface area contributed by atoms with Gasteiger partial charge in [0.15, 0.2) is 0 Å². The second kappa shape index (κ2) is 5.53. The van der Waals surface area contributed by atoms with E-state index in [0.29, 0.717) is 24.5 Å². The van der Waals surface area contributed by atoms with Gasteiger partial charge in [0.25, 0.3) is 11.8 Å². The Bertz CT molecular complexity index is 582. The lowest BCUT2D eigenvalue weighted by molar-refractivity contribution is 0.0450. The van der Waals surface area contributed by atoms with Crippen molar-refractivity contribution < 1.29 is 14.7 Å². The van der Waals surface area contributed by atoms with Gasteiger partial charge in [-0.15, -0.1) is 11.3 Å². The molecule has 0 aliphatic carbocycles. The predicted octanol–water partition coefficient (Wildman–Crippen LogP) is 0.140. The molecule has 1 aliphatic heterocycles. The van der Waals surface area contributed by atoms with Crippen LogP contribution in [0.2, 0.25) is 0 Å². The fourth-order valence-corrected chi connectivity index (χ4v) is 3.77. The van der Waals surface area contributed by atoms with E-state index in [1.807, 2.05) is 4.90 Å². The van der Waals surface area contributed by atoms with Gasteiger partial charge >= 0.3 is 0 Å². The van der Waals surface area contributed by atoms with E-state index in [4.69, 9.17) is 11.5 Å². The number of carbonyl (C=O) groups excluding carboxylic acids is 2. The van der Waals surface area contributed by atoms with Crippen molar-refractivity contribution in [2.75, 3.05) is 30.8 Å². The lowest BCUT2D eigenvalue weighted by Gasteiger charge is -2.37. The molecule has 8 heteroatoms. The zero-order valence-corrected chi connectivity index (χ0v) is 12.9. The van der Waals surface area contributed by atoms with Gasteiger partial charge in [-0.25, -0.2) is 0 Å². The number of aliphatic hydroxyl groups is 1. The average Bonchev–Trinajstić information content (AvgIpc) is 2.74. The normalized spacial score (nSPS) is 22.1. The highest BCUT2D eigenvalue weighted by molar-refractivity contribution is 7.19. The second-order valence-electron chi connectivity index (χ2n) is 5.49. The first-order valence-corrected chi connectivity index (χ1v) is 7.50. The zero-order valence-electron chi connectivity index (χ0n) is 12.1. The van der Waals surface area contributed by atoms with Crippen LogP contribution < -0.4 is 21.7 Å². The molecule has 0 aromatic carbocycles. The summed E-state index contributed by atoms with van der Waals surface area (Å²) >= 11 is 1.13. The summed E-state index contributed by atoms with van der Waals surface area (Å²) in [4.78, 5) is 25.7. The Hall–Kier alpha value is -1.80. The van der Waals surface area contributed by atoms with Crippen molar-refractivity contribution in [1.29, 1.82) is 0 Å². The topological polar surface area (TPSA) is 122 Å². The molecule has 21 heavy (non-hydrogen) atoms.